The number of carbonyl (C=O) groups is 3. The summed E-state index contributed by atoms with van der Waals surface area (Å²) in [6.07, 6.45) is 1.50. The van der Waals surface area contributed by atoms with Crippen LogP contribution in [0, 0.1) is 0 Å². The number of nitrogens with zero attached hydrogens (tertiary/aromatic N) is 1. The first kappa shape index (κ1) is 23.6. The standard InChI is InChI=1S/C22H23N3O2.C2H2O4/c1-2-25-19-7-4-3-6-17(19)18-14-16(9-10-20(18)25)15-23-11-12-24-22(26)21-8-5-13-27-21;3-1(4)2(5)6/h3-10,13-14,23H,2,11-12,15H2,1H3,(H,24,26);(H,3,4)(H,5,6). The van der Waals surface area contributed by atoms with E-state index >= 15 is 0 Å². The molecule has 4 aromatic rings. The molecule has 9 nitrogen and oxygen atoms in total. The van der Waals surface area contributed by atoms with E-state index in [1.807, 2.05) is 0 Å². The Labute approximate surface area is 189 Å². The topological polar surface area (TPSA) is 134 Å². The lowest BCUT2D eigenvalue weighted by molar-refractivity contribution is -0.159. The molecular weight excluding hydrogens is 426 g/mol. The molecule has 0 aliphatic heterocycles. The number of rotatable bonds is 7. The highest BCUT2D eigenvalue weighted by Gasteiger charge is 2.10. The van der Waals surface area contributed by atoms with E-state index < -0.39 is 11.9 Å². The van der Waals surface area contributed by atoms with Crippen LogP contribution < -0.4 is 10.6 Å². The lowest BCUT2D eigenvalue weighted by atomic mass is 10.1. The van der Waals surface area contributed by atoms with E-state index in [-0.39, 0.29) is 5.91 Å². The van der Waals surface area contributed by atoms with Gasteiger partial charge in [-0.25, -0.2) is 9.59 Å². The molecule has 0 unspecified atom stereocenters. The van der Waals surface area contributed by atoms with Crippen LogP contribution in [-0.4, -0.2) is 45.7 Å². The third-order valence-corrected chi connectivity index (χ3v) is 5.00. The number of carboxylic acids is 2. The van der Waals surface area contributed by atoms with Crippen molar-refractivity contribution in [2.75, 3.05) is 13.1 Å². The second kappa shape index (κ2) is 11.0. The predicted molar refractivity (Wildman–Crippen MR) is 123 cm³/mol. The van der Waals surface area contributed by atoms with Crippen LogP contribution in [0.5, 0.6) is 0 Å². The summed E-state index contributed by atoms with van der Waals surface area (Å²) in [6, 6.07) is 18.5. The zero-order valence-electron chi connectivity index (χ0n) is 18.1. The number of aromatic nitrogens is 1. The van der Waals surface area contributed by atoms with Gasteiger partial charge in [0.25, 0.3) is 5.91 Å². The SMILES string of the molecule is CCn1c2ccccc2c2cc(CNCCNC(=O)c3ccco3)ccc21.O=C(O)C(=O)O. The summed E-state index contributed by atoms with van der Waals surface area (Å²) in [6.45, 7) is 5.14. The van der Waals surface area contributed by atoms with E-state index in [9.17, 15) is 4.79 Å². The summed E-state index contributed by atoms with van der Waals surface area (Å²) in [4.78, 5) is 30.0. The molecule has 0 atom stereocenters. The molecule has 2 heterocycles. The zero-order chi connectivity index (χ0) is 23.8. The number of furan rings is 1. The normalized spacial score (nSPS) is 10.6. The fourth-order valence-corrected chi connectivity index (χ4v) is 3.54. The van der Waals surface area contributed by atoms with Crippen LogP contribution in [0.4, 0.5) is 0 Å². The molecule has 0 fully saturated rings. The number of aliphatic carboxylic acids is 2. The molecule has 1 amide bonds. The summed E-state index contributed by atoms with van der Waals surface area (Å²) >= 11 is 0. The van der Waals surface area contributed by atoms with Gasteiger partial charge in [-0.1, -0.05) is 24.3 Å². The van der Waals surface area contributed by atoms with Gasteiger partial charge >= 0.3 is 11.9 Å². The molecule has 0 radical (unpaired) electrons. The number of fused-ring (bicyclic) bond motifs is 3. The lowest BCUT2D eigenvalue weighted by Crippen LogP contribution is -2.31. The van der Waals surface area contributed by atoms with Crippen LogP contribution in [0.3, 0.4) is 0 Å². The van der Waals surface area contributed by atoms with E-state index in [1.54, 1.807) is 12.1 Å². The van der Waals surface area contributed by atoms with Crippen molar-refractivity contribution in [2.45, 2.75) is 20.0 Å². The molecule has 4 N–H and O–H groups in total. The minimum atomic E-state index is -1.82. The first-order valence-corrected chi connectivity index (χ1v) is 10.4. The van der Waals surface area contributed by atoms with Crippen molar-refractivity contribution in [1.29, 1.82) is 0 Å². The van der Waals surface area contributed by atoms with Gasteiger partial charge in [-0.05, 0) is 42.8 Å². The average Bonchev–Trinajstić information content (AvgIpc) is 3.45. The molecule has 0 saturated heterocycles. The van der Waals surface area contributed by atoms with Crippen LogP contribution in [0.25, 0.3) is 21.8 Å². The van der Waals surface area contributed by atoms with E-state index in [0.717, 1.165) is 13.1 Å². The van der Waals surface area contributed by atoms with Gasteiger partial charge in [0.1, 0.15) is 0 Å². The number of aryl methyl sites for hydroxylation is 1. The van der Waals surface area contributed by atoms with Crippen LogP contribution in [0.1, 0.15) is 23.0 Å². The summed E-state index contributed by atoms with van der Waals surface area (Å²) in [5.41, 5.74) is 3.78. The first-order chi connectivity index (χ1) is 15.9. The predicted octanol–water partition coefficient (Wildman–Crippen LogP) is 3.08. The second-order valence-corrected chi connectivity index (χ2v) is 7.13. The highest BCUT2D eigenvalue weighted by Crippen LogP contribution is 2.29. The van der Waals surface area contributed by atoms with Crippen molar-refractivity contribution in [3.05, 3.63) is 72.2 Å². The monoisotopic (exact) mass is 451 g/mol. The summed E-state index contributed by atoms with van der Waals surface area (Å²) < 4.78 is 7.43. The van der Waals surface area contributed by atoms with Gasteiger partial charge in [-0.2, -0.15) is 0 Å². The minimum Gasteiger partial charge on any atom is -0.473 e. The molecule has 0 bridgehead atoms. The minimum absolute atomic E-state index is 0.185. The highest BCUT2D eigenvalue weighted by molar-refractivity contribution is 6.27. The largest absolute Gasteiger partial charge is 0.473 e. The number of para-hydroxylation sites is 1. The van der Waals surface area contributed by atoms with E-state index in [1.165, 1.54) is 33.6 Å². The fraction of sp³-hybridized carbons (Fsp3) is 0.208. The van der Waals surface area contributed by atoms with Gasteiger partial charge in [0.05, 0.1) is 6.26 Å². The van der Waals surface area contributed by atoms with Crippen molar-refractivity contribution >= 4 is 39.7 Å². The third kappa shape index (κ3) is 5.78. The number of benzene rings is 2. The van der Waals surface area contributed by atoms with E-state index in [0.29, 0.717) is 18.8 Å². The van der Waals surface area contributed by atoms with Crippen molar-refractivity contribution in [3.8, 4) is 0 Å². The maximum absolute atomic E-state index is 11.8. The van der Waals surface area contributed by atoms with Crippen molar-refractivity contribution in [3.63, 3.8) is 0 Å². The molecule has 2 aromatic heterocycles. The molecule has 172 valence electrons. The van der Waals surface area contributed by atoms with E-state index in [2.05, 4.69) is 64.6 Å². The summed E-state index contributed by atoms with van der Waals surface area (Å²) in [7, 11) is 0. The van der Waals surface area contributed by atoms with Gasteiger partial charge in [-0.3, -0.25) is 4.79 Å². The Balaban J connectivity index is 0.000000454. The quantitative estimate of drug-likeness (QED) is 0.251. The number of amides is 1. The fourth-order valence-electron chi connectivity index (χ4n) is 3.54. The molecule has 4 rings (SSSR count). The number of hydrogen-bond acceptors (Lipinski definition) is 5. The number of carbonyl (C=O) groups excluding carboxylic acids is 1. The Morgan fingerprint density at radius 1 is 0.909 bits per heavy atom. The van der Waals surface area contributed by atoms with Crippen LogP contribution in [0.15, 0.2) is 65.3 Å². The Morgan fingerprint density at radius 2 is 1.64 bits per heavy atom. The molecule has 0 spiro atoms. The lowest BCUT2D eigenvalue weighted by Gasteiger charge is -2.07. The second-order valence-electron chi connectivity index (χ2n) is 7.13. The van der Waals surface area contributed by atoms with Gasteiger partial charge < -0.3 is 29.8 Å². The molecule has 0 aliphatic carbocycles. The molecule has 9 heteroatoms. The van der Waals surface area contributed by atoms with Gasteiger partial charge in [0.2, 0.25) is 0 Å². The number of hydrogen-bond donors (Lipinski definition) is 4. The summed E-state index contributed by atoms with van der Waals surface area (Å²) in [5, 5.41) is 23.6. The van der Waals surface area contributed by atoms with Gasteiger partial charge in [0, 0.05) is 48.0 Å². The van der Waals surface area contributed by atoms with Crippen molar-refractivity contribution in [2.24, 2.45) is 0 Å². The van der Waals surface area contributed by atoms with E-state index in [4.69, 9.17) is 24.2 Å². The maximum Gasteiger partial charge on any atom is 0.414 e. The molecule has 0 aliphatic rings. The first-order valence-electron chi connectivity index (χ1n) is 10.4. The van der Waals surface area contributed by atoms with Crippen LogP contribution in [-0.2, 0) is 22.7 Å². The zero-order valence-corrected chi connectivity index (χ0v) is 18.1. The Morgan fingerprint density at radius 3 is 2.30 bits per heavy atom. The Hall–Kier alpha value is -4.11. The number of nitrogens with one attached hydrogen (secondary N) is 2. The Kier molecular flexibility index (Phi) is 7.82. The molecule has 2 aromatic carbocycles. The van der Waals surface area contributed by atoms with Crippen molar-refractivity contribution in [1.82, 2.24) is 15.2 Å². The Bertz CT molecular complexity index is 1250. The van der Waals surface area contributed by atoms with Crippen LogP contribution in [0.2, 0.25) is 0 Å². The highest BCUT2D eigenvalue weighted by atomic mass is 16.4. The maximum atomic E-state index is 11.8. The summed E-state index contributed by atoms with van der Waals surface area (Å²) in [5.74, 6) is -3.49. The molecule has 0 saturated carbocycles. The third-order valence-electron chi connectivity index (χ3n) is 5.00. The molecule has 33 heavy (non-hydrogen) atoms. The van der Waals surface area contributed by atoms with Gasteiger partial charge in [0.15, 0.2) is 5.76 Å². The van der Waals surface area contributed by atoms with Crippen molar-refractivity contribution < 1.29 is 29.0 Å². The number of carboxylic acid groups (broad SMARTS) is 2. The molecular formula is C24H25N3O6. The van der Waals surface area contributed by atoms with Gasteiger partial charge in [-0.15, -0.1) is 0 Å². The average molecular weight is 451 g/mol. The van der Waals surface area contributed by atoms with Crippen LogP contribution >= 0.6 is 0 Å². The smallest absolute Gasteiger partial charge is 0.414 e.